The van der Waals surface area contributed by atoms with Crippen molar-refractivity contribution in [3.8, 4) is 5.75 Å². The Labute approximate surface area is 102 Å². The lowest BCUT2D eigenvalue weighted by molar-refractivity contribution is -0.123. The summed E-state index contributed by atoms with van der Waals surface area (Å²) in [6, 6.07) is 9.21. The predicted molar refractivity (Wildman–Crippen MR) is 68.0 cm³/mol. The second-order valence-corrected chi connectivity index (χ2v) is 4.04. The van der Waals surface area contributed by atoms with Crippen molar-refractivity contribution in [2.45, 2.75) is 20.8 Å². The quantitative estimate of drug-likeness (QED) is 0.627. The molecule has 4 heteroatoms. The number of carbonyl (C=O) groups is 1. The van der Waals surface area contributed by atoms with Gasteiger partial charge < -0.3 is 4.74 Å². The molecule has 1 aromatic carbocycles. The molecule has 1 rings (SSSR count). The first-order chi connectivity index (χ1) is 8.09. The zero-order valence-corrected chi connectivity index (χ0v) is 10.4. The minimum Gasteiger partial charge on any atom is -0.484 e. The summed E-state index contributed by atoms with van der Waals surface area (Å²) >= 11 is 0. The molecule has 0 aliphatic rings. The van der Waals surface area contributed by atoms with Gasteiger partial charge in [0, 0.05) is 5.71 Å². The maximum absolute atomic E-state index is 11.4. The molecule has 0 fully saturated rings. The molecule has 0 unspecified atom stereocenters. The SMILES string of the molecule is CC(=NNC(=O)COc1ccccc1)C(C)C. The van der Waals surface area contributed by atoms with Crippen LogP contribution in [0.1, 0.15) is 20.8 Å². The first kappa shape index (κ1) is 13.2. The molecule has 0 radical (unpaired) electrons. The summed E-state index contributed by atoms with van der Waals surface area (Å²) in [6.45, 7) is 5.89. The van der Waals surface area contributed by atoms with E-state index in [1.807, 2.05) is 39.0 Å². The number of amides is 1. The smallest absolute Gasteiger partial charge is 0.277 e. The summed E-state index contributed by atoms with van der Waals surface area (Å²) in [5.74, 6) is 0.742. The van der Waals surface area contributed by atoms with Crippen LogP contribution in [0.5, 0.6) is 5.75 Å². The molecular formula is C13H18N2O2. The number of benzene rings is 1. The number of rotatable bonds is 5. The van der Waals surface area contributed by atoms with E-state index in [4.69, 9.17) is 4.74 Å². The third-order valence-electron chi connectivity index (χ3n) is 2.31. The number of ether oxygens (including phenoxy) is 1. The molecule has 0 heterocycles. The van der Waals surface area contributed by atoms with Crippen LogP contribution >= 0.6 is 0 Å². The Bertz CT molecular complexity index is 386. The van der Waals surface area contributed by atoms with Crippen molar-refractivity contribution in [2.24, 2.45) is 11.0 Å². The molecule has 0 saturated heterocycles. The van der Waals surface area contributed by atoms with Gasteiger partial charge in [0.15, 0.2) is 6.61 Å². The summed E-state index contributed by atoms with van der Waals surface area (Å²) in [5, 5.41) is 3.97. The maximum atomic E-state index is 11.4. The van der Waals surface area contributed by atoms with Gasteiger partial charge in [0.1, 0.15) is 5.75 Å². The predicted octanol–water partition coefficient (Wildman–Crippen LogP) is 2.21. The Morgan fingerprint density at radius 2 is 2.00 bits per heavy atom. The van der Waals surface area contributed by atoms with Crippen molar-refractivity contribution in [1.82, 2.24) is 5.43 Å². The molecule has 0 spiro atoms. The molecule has 92 valence electrons. The van der Waals surface area contributed by atoms with E-state index in [-0.39, 0.29) is 12.5 Å². The van der Waals surface area contributed by atoms with Gasteiger partial charge in [-0.1, -0.05) is 32.0 Å². The topological polar surface area (TPSA) is 50.7 Å². The average molecular weight is 234 g/mol. The number of para-hydroxylation sites is 1. The minimum absolute atomic E-state index is 0.0289. The van der Waals surface area contributed by atoms with Crippen LogP contribution in [0.4, 0.5) is 0 Å². The number of hydrogen-bond acceptors (Lipinski definition) is 3. The minimum atomic E-state index is -0.256. The fourth-order valence-corrected chi connectivity index (χ4v) is 0.978. The van der Waals surface area contributed by atoms with Gasteiger partial charge in [0.25, 0.3) is 5.91 Å². The Morgan fingerprint density at radius 3 is 2.59 bits per heavy atom. The van der Waals surface area contributed by atoms with Crippen LogP contribution in [0, 0.1) is 5.92 Å². The molecule has 0 aromatic heterocycles. The zero-order chi connectivity index (χ0) is 12.7. The highest BCUT2D eigenvalue weighted by Crippen LogP contribution is 2.07. The van der Waals surface area contributed by atoms with Gasteiger partial charge in [-0.25, -0.2) is 5.43 Å². The van der Waals surface area contributed by atoms with E-state index in [1.54, 1.807) is 12.1 Å². The molecule has 4 nitrogen and oxygen atoms in total. The van der Waals surface area contributed by atoms with E-state index in [1.165, 1.54) is 0 Å². The molecule has 1 aromatic rings. The van der Waals surface area contributed by atoms with Crippen LogP contribution in [0.3, 0.4) is 0 Å². The Kier molecular flexibility index (Phi) is 5.20. The van der Waals surface area contributed by atoms with Crippen molar-refractivity contribution in [2.75, 3.05) is 6.61 Å². The zero-order valence-electron chi connectivity index (χ0n) is 10.4. The highest BCUT2D eigenvalue weighted by Gasteiger charge is 2.02. The summed E-state index contributed by atoms with van der Waals surface area (Å²) in [5.41, 5.74) is 3.35. The summed E-state index contributed by atoms with van der Waals surface area (Å²) in [7, 11) is 0. The van der Waals surface area contributed by atoms with Gasteiger partial charge >= 0.3 is 0 Å². The summed E-state index contributed by atoms with van der Waals surface area (Å²) < 4.78 is 5.28. The summed E-state index contributed by atoms with van der Waals surface area (Å²) in [4.78, 5) is 11.4. The van der Waals surface area contributed by atoms with Crippen LogP contribution in [0.25, 0.3) is 0 Å². The fourth-order valence-electron chi connectivity index (χ4n) is 0.978. The average Bonchev–Trinajstić information content (AvgIpc) is 2.34. The lowest BCUT2D eigenvalue weighted by atomic mass is 10.1. The van der Waals surface area contributed by atoms with Crippen LogP contribution in [-0.2, 0) is 4.79 Å². The van der Waals surface area contributed by atoms with Crippen molar-refractivity contribution in [3.63, 3.8) is 0 Å². The first-order valence-corrected chi connectivity index (χ1v) is 5.60. The Hall–Kier alpha value is -1.84. The molecule has 0 bridgehead atoms. The highest BCUT2D eigenvalue weighted by molar-refractivity contribution is 5.86. The maximum Gasteiger partial charge on any atom is 0.277 e. The van der Waals surface area contributed by atoms with E-state index in [9.17, 15) is 4.79 Å². The van der Waals surface area contributed by atoms with E-state index < -0.39 is 0 Å². The van der Waals surface area contributed by atoms with Crippen LogP contribution in [-0.4, -0.2) is 18.2 Å². The molecule has 17 heavy (non-hydrogen) atoms. The molecular weight excluding hydrogens is 216 g/mol. The second kappa shape index (κ2) is 6.68. The van der Waals surface area contributed by atoms with E-state index in [0.29, 0.717) is 11.7 Å². The fraction of sp³-hybridized carbons (Fsp3) is 0.385. The monoisotopic (exact) mass is 234 g/mol. The van der Waals surface area contributed by atoms with Crippen molar-refractivity contribution >= 4 is 11.6 Å². The van der Waals surface area contributed by atoms with Gasteiger partial charge in [0.2, 0.25) is 0 Å². The van der Waals surface area contributed by atoms with Gasteiger partial charge in [-0.2, -0.15) is 5.10 Å². The molecule has 0 aliphatic carbocycles. The molecule has 0 atom stereocenters. The van der Waals surface area contributed by atoms with E-state index in [2.05, 4.69) is 10.5 Å². The van der Waals surface area contributed by atoms with Gasteiger partial charge in [-0.3, -0.25) is 4.79 Å². The number of hydrazone groups is 1. The normalized spacial score (nSPS) is 11.4. The molecule has 1 N–H and O–H groups in total. The molecule has 0 saturated carbocycles. The first-order valence-electron chi connectivity index (χ1n) is 5.60. The number of hydrogen-bond donors (Lipinski definition) is 1. The Morgan fingerprint density at radius 1 is 1.35 bits per heavy atom. The lowest BCUT2D eigenvalue weighted by Gasteiger charge is -2.06. The van der Waals surface area contributed by atoms with Crippen LogP contribution in [0.2, 0.25) is 0 Å². The van der Waals surface area contributed by atoms with Crippen molar-refractivity contribution in [1.29, 1.82) is 0 Å². The van der Waals surface area contributed by atoms with E-state index in [0.717, 1.165) is 5.71 Å². The molecule has 0 aliphatic heterocycles. The van der Waals surface area contributed by atoms with Gasteiger partial charge in [0.05, 0.1) is 0 Å². The van der Waals surface area contributed by atoms with Gasteiger partial charge in [-0.05, 0) is 25.0 Å². The summed E-state index contributed by atoms with van der Waals surface area (Å²) in [6.07, 6.45) is 0. The third kappa shape index (κ3) is 5.15. The second-order valence-electron chi connectivity index (χ2n) is 4.04. The highest BCUT2D eigenvalue weighted by atomic mass is 16.5. The number of nitrogens with one attached hydrogen (secondary N) is 1. The standard InChI is InChI=1S/C13H18N2O2/c1-10(2)11(3)14-15-13(16)9-17-12-7-5-4-6-8-12/h4-8,10H,9H2,1-3H3,(H,15,16). The van der Waals surface area contributed by atoms with Crippen LogP contribution < -0.4 is 10.2 Å². The van der Waals surface area contributed by atoms with Crippen molar-refractivity contribution < 1.29 is 9.53 Å². The number of nitrogens with zero attached hydrogens (tertiary/aromatic N) is 1. The number of carbonyl (C=O) groups excluding carboxylic acids is 1. The van der Waals surface area contributed by atoms with Gasteiger partial charge in [-0.15, -0.1) is 0 Å². The van der Waals surface area contributed by atoms with Crippen LogP contribution in [0.15, 0.2) is 35.4 Å². The molecule has 1 amide bonds. The third-order valence-corrected chi connectivity index (χ3v) is 2.31. The largest absolute Gasteiger partial charge is 0.484 e. The Balaban J connectivity index is 2.34. The van der Waals surface area contributed by atoms with Crippen molar-refractivity contribution in [3.05, 3.63) is 30.3 Å². The van der Waals surface area contributed by atoms with E-state index >= 15 is 0 Å². The lowest BCUT2D eigenvalue weighted by Crippen LogP contribution is -2.26.